The SMILES string of the molecule is CCNC1CCN(C2CCS(=O)(=O)C2)C1. The maximum atomic E-state index is 11.4. The Morgan fingerprint density at radius 1 is 1.40 bits per heavy atom. The normalized spacial score (nSPS) is 36.1. The van der Waals surface area contributed by atoms with Crippen LogP contribution in [0.1, 0.15) is 19.8 Å². The molecule has 0 amide bonds. The molecule has 0 aliphatic carbocycles. The maximum absolute atomic E-state index is 11.4. The van der Waals surface area contributed by atoms with Gasteiger partial charge >= 0.3 is 0 Å². The van der Waals surface area contributed by atoms with Gasteiger partial charge in [-0.05, 0) is 19.4 Å². The Morgan fingerprint density at radius 3 is 2.80 bits per heavy atom. The molecule has 15 heavy (non-hydrogen) atoms. The predicted octanol–water partition coefficient (Wildman–Crippen LogP) is -0.143. The summed E-state index contributed by atoms with van der Waals surface area (Å²) in [4.78, 5) is 2.35. The molecule has 2 atom stereocenters. The van der Waals surface area contributed by atoms with Crippen LogP contribution in [0.15, 0.2) is 0 Å². The Hall–Kier alpha value is -0.130. The van der Waals surface area contributed by atoms with E-state index in [2.05, 4.69) is 17.1 Å². The van der Waals surface area contributed by atoms with Crippen molar-refractivity contribution >= 4 is 9.84 Å². The van der Waals surface area contributed by atoms with Crippen molar-refractivity contribution in [2.24, 2.45) is 0 Å². The molecule has 0 aromatic carbocycles. The van der Waals surface area contributed by atoms with E-state index in [1.165, 1.54) is 0 Å². The van der Waals surface area contributed by atoms with Crippen molar-refractivity contribution in [1.82, 2.24) is 10.2 Å². The van der Waals surface area contributed by atoms with E-state index in [-0.39, 0.29) is 0 Å². The number of nitrogens with zero attached hydrogens (tertiary/aromatic N) is 1. The topological polar surface area (TPSA) is 49.4 Å². The number of likely N-dealkylation sites (tertiary alicyclic amines) is 1. The molecular weight excluding hydrogens is 212 g/mol. The molecule has 0 aromatic heterocycles. The highest BCUT2D eigenvalue weighted by Crippen LogP contribution is 2.21. The summed E-state index contributed by atoms with van der Waals surface area (Å²) >= 11 is 0. The van der Waals surface area contributed by atoms with Crippen LogP contribution in [-0.4, -0.2) is 56.5 Å². The third-order valence-corrected chi connectivity index (χ3v) is 5.19. The van der Waals surface area contributed by atoms with Crippen LogP contribution in [-0.2, 0) is 9.84 Å². The van der Waals surface area contributed by atoms with Gasteiger partial charge in [0.25, 0.3) is 0 Å². The Balaban J connectivity index is 1.87. The van der Waals surface area contributed by atoms with Gasteiger partial charge in [0.05, 0.1) is 11.5 Å². The first-order valence-electron chi connectivity index (χ1n) is 5.78. The lowest BCUT2D eigenvalue weighted by atomic mass is 10.2. The highest BCUT2D eigenvalue weighted by Gasteiger charge is 2.35. The third-order valence-electron chi connectivity index (χ3n) is 3.44. The molecule has 2 aliphatic rings. The fourth-order valence-electron chi connectivity index (χ4n) is 2.64. The van der Waals surface area contributed by atoms with E-state index < -0.39 is 9.84 Å². The molecule has 0 aromatic rings. The molecule has 5 heteroatoms. The van der Waals surface area contributed by atoms with Crippen molar-refractivity contribution in [2.45, 2.75) is 31.8 Å². The number of hydrogen-bond donors (Lipinski definition) is 1. The standard InChI is InChI=1S/C10H20N2O2S/c1-2-11-9-3-5-12(7-9)10-4-6-15(13,14)8-10/h9-11H,2-8H2,1H3. The van der Waals surface area contributed by atoms with E-state index in [1.807, 2.05) is 0 Å². The third kappa shape index (κ3) is 2.71. The first kappa shape index (κ1) is 11.4. The molecule has 2 aliphatic heterocycles. The number of nitrogens with one attached hydrogen (secondary N) is 1. The van der Waals surface area contributed by atoms with Gasteiger partial charge in [-0.25, -0.2) is 8.42 Å². The van der Waals surface area contributed by atoms with Crippen LogP contribution in [0.5, 0.6) is 0 Å². The molecule has 2 fully saturated rings. The Bertz CT molecular complexity index is 315. The van der Waals surface area contributed by atoms with Crippen molar-refractivity contribution in [3.63, 3.8) is 0 Å². The lowest BCUT2D eigenvalue weighted by Crippen LogP contribution is -2.38. The lowest BCUT2D eigenvalue weighted by molar-refractivity contribution is 0.257. The number of likely N-dealkylation sites (N-methyl/N-ethyl adjacent to an activating group) is 1. The van der Waals surface area contributed by atoms with Crippen molar-refractivity contribution in [3.05, 3.63) is 0 Å². The van der Waals surface area contributed by atoms with E-state index in [0.29, 0.717) is 23.6 Å². The zero-order valence-corrected chi connectivity index (χ0v) is 10.1. The summed E-state index contributed by atoms with van der Waals surface area (Å²) in [7, 11) is -2.72. The summed E-state index contributed by atoms with van der Waals surface area (Å²) in [5, 5.41) is 3.43. The second-order valence-electron chi connectivity index (χ2n) is 4.60. The molecule has 2 rings (SSSR count). The molecule has 0 saturated carbocycles. The first-order valence-corrected chi connectivity index (χ1v) is 7.61. The minimum atomic E-state index is -2.72. The molecule has 0 spiro atoms. The van der Waals surface area contributed by atoms with Crippen LogP contribution < -0.4 is 5.32 Å². The summed E-state index contributed by atoms with van der Waals surface area (Å²) in [5.74, 6) is 0.770. The Labute approximate surface area is 91.9 Å². The van der Waals surface area contributed by atoms with Gasteiger partial charge in [0, 0.05) is 25.2 Å². The second-order valence-corrected chi connectivity index (χ2v) is 6.82. The second kappa shape index (κ2) is 4.39. The Morgan fingerprint density at radius 2 is 2.20 bits per heavy atom. The minimum absolute atomic E-state index is 0.290. The van der Waals surface area contributed by atoms with Gasteiger partial charge in [-0.1, -0.05) is 6.92 Å². The van der Waals surface area contributed by atoms with Gasteiger partial charge in [0.1, 0.15) is 0 Å². The number of hydrogen-bond acceptors (Lipinski definition) is 4. The fourth-order valence-corrected chi connectivity index (χ4v) is 4.40. The van der Waals surface area contributed by atoms with Crippen LogP contribution in [0.4, 0.5) is 0 Å². The molecular formula is C10H20N2O2S. The summed E-state index contributed by atoms with van der Waals surface area (Å²) < 4.78 is 22.7. The van der Waals surface area contributed by atoms with Crippen molar-refractivity contribution in [2.75, 3.05) is 31.1 Å². The van der Waals surface area contributed by atoms with Crippen LogP contribution in [0.3, 0.4) is 0 Å². The number of rotatable bonds is 3. The predicted molar refractivity (Wildman–Crippen MR) is 60.7 cm³/mol. The molecule has 0 bridgehead atoms. The largest absolute Gasteiger partial charge is 0.313 e. The summed E-state index contributed by atoms with van der Waals surface area (Å²) in [6.45, 7) is 5.19. The summed E-state index contributed by atoms with van der Waals surface area (Å²) in [6, 6.07) is 0.858. The van der Waals surface area contributed by atoms with Crippen LogP contribution in [0.25, 0.3) is 0 Å². The van der Waals surface area contributed by atoms with Crippen LogP contribution in [0, 0.1) is 0 Å². The molecule has 2 heterocycles. The maximum Gasteiger partial charge on any atom is 0.151 e. The summed E-state index contributed by atoms with van der Waals surface area (Å²) in [6.07, 6.45) is 1.99. The van der Waals surface area contributed by atoms with Gasteiger partial charge in [-0.15, -0.1) is 0 Å². The van der Waals surface area contributed by atoms with Crippen molar-refractivity contribution < 1.29 is 8.42 Å². The molecule has 2 saturated heterocycles. The quantitative estimate of drug-likeness (QED) is 0.736. The molecule has 2 unspecified atom stereocenters. The fraction of sp³-hybridized carbons (Fsp3) is 1.00. The van der Waals surface area contributed by atoms with Crippen molar-refractivity contribution in [1.29, 1.82) is 0 Å². The van der Waals surface area contributed by atoms with Gasteiger partial charge < -0.3 is 5.32 Å². The average Bonchev–Trinajstić information content (AvgIpc) is 2.73. The van der Waals surface area contributed by atoms with E-state index >= 15 is 0 Å². The van der Waals surface area contributed by atoms with E-state index in [1.54, 1.807) is 0 Å². The van der Waals surface area contributed by atoms with Crippen LogP contribution >= 0.6 is 0 Å². The molecule has 88 valence electrons. The van der Waals surface area contributed by atoms with E-state index in [4.69, 9.17) is 0 Å². The van der Waals surface area contributed by atoms with E-state index in [9.17, 15) is 8.42 Å². The smallest absolute Gasteiger partial charge is 0.151 e. The van der Waals surface area contributed by atoms with Crippen LogP contribution in [0.2, 0.25) is 0 Å². The van der Waals surface area contributed by atoms with Gasteiger partial charge in [0.15, 0.2) is 9.84 Å². The zero-order chi connectivity index (χ0) is 10.9. The molecule has 1 N–H and O–H groups in total. The summed E-state index contributed by atoms with van der Waals surface area (Å²) in [5.41, 5.74) is 0. The molecule has 0 radical (unpaired) electrons. The van der Waals surface area contributed by atoms with Gasteiger partial charge in [-0.2, -0.15) is 0 Å². The average molecular weight is 232 g/mol. The van der Waals surface area contributed by atoms with Gasteiger partial charge in [-0.3, -0.25) is 4.90 Å². The highest BCUT2D eigenvalue weighted by atomic mass is 32.2. The van der Waals surface area contributed by atoms with E-state index in [0.717, 1.165) is 32.5 Å². The highest BCUT2D eigenvalue weighted by molar-refractivity contribution is 7.91. The van der Waals surface area contributed by atoms with Gasteiger partial charge in [0.2, 0.25) is 0 Å². The first-order chi connectivity index (χ1) is 7.11. The lowest BCUT2D eigenvalue weighted by Gasteiger charge is -2.22. The monoisotopic (exact) mass is 232 g/mol. The minimum Gasteiger partial charge on any atom is -0.313 e. The Kier molecular flexibility index (Phi) is 3.33. The molecule has 4 nitrogen and oxygen atoms in total. The van der Waals surface area contributed by atoms with Crippen molar-refractivity contribution in [3.8, 4) is 0 Å². The number of sulfone groups is 1. The zero-order valence-electron chi connectivity index (χ0n) is 9.28.